The lowest BCUT2D eigenvalue weighted by atomic mass is 9.95. The molecule has 2 bridgehead atoms. The highest BCUT2D eigenvalue weighted by molar-refractivity contribution is 8.00. The van der Waals surface area contributed by atoms with E-state index in [1.807, 2.05) is 0 Å². The van der Waals surface area contributed by atoms with Gasteiger partial charge in [0, 0.05) is 29.4 Å². The summed E-state index contributed by atoms with van der Waals surface area (Å²) in [6.45, 7) is 1.37. The van der Waals surface area contributed by atoms with Gasteiger partial charge in [-0.15, -0.1) is 0 Å². The number of nitrogens with zero attached hydrogens (tertiary/aromatic N) is 1. The van der Waals surface area contributed by atoms with E-state index in [1.54, 1.807) is 0 Å². The van der Waals surface area contributed by atoms with Crippen LogP contribution in [0.15, 0.2) is 0 Å². The van der Waals surface area contributed by atoms with Crippen molar-refractivity contribution in [3.8, 4) is 0 Å². The van der Waals surface area contributed by atoms with Crippen LogP contribution in [0.4, 0.5) is 0 Å². The second kappa shape index (κ2) is 5.34. The maximum absolute atomic E-state index is 3.51. The molecule has 3 fully saturated rings. The molecule has 0 amide bonds. The van der Waals surface area contributed by atoms with Crippen LogP contribution >= 0.6 is 11.8 Å². The Bertz CT molecular complexity index is 274. The van der Waals surface area contributed by atoms with Gasteiger partial charge in [-0.05, 0) is 51.8 Å². The Hall–Kier alpha value is 0.270. The van der Waals surface area contributed by atoms with Gasteiger partial charge in [0.05, 0.1) is 0 Å². The second-order valence-electron chi connectivity index (χ2n) is 6.61. The number of rotatable bonds is 4. The largest absolute Gasteiger partial charge is 0.317 e. The molecule has 0 radical (unpaired) electrons. The third-order valence-corrected chi connectivity index (χ3v) is 7.11. The minimum atomic E-state index is 0.604. The van der Waals surface area contributed by atoms with E-state index in [0.717, 1.165) is 18.1 Å². The third-order valence-electron chi connectivity index (χ3n) is 5.71. The molecule has 0 spiro atoms. The Balaban J connectivity index is 1.67. The van der Waals surface area contributed by atoms with Crippen LogP contribution in [0.3, 0.4) is 0 Å². The first-order valence-electron chi connectivity index (χ1n) is 7.74. The summed E-state index contributed by atoms with van der Waals surface area (Å²) in [5.41, 5.74) is 0. The molecule has 0 aromatic heterocycles. The molecular weight excluding hydrogens is 240 g/mol. The summed E-state index contributed by atoms with van der Waals surface area (Å²) in [6, 6.07) is 2.55. The maximum atomic E-state index is 3.51. The number of hydrogen-bond donors (Lipinski definition) is 1. The van der Waals surface area contributed by atoms with E-state index < -0.39 is 0 Å². The predicted molar refractivity (Wildman–Crippen MR) is 80.3 cm³/mol. The van der Waals surface area contributed by atoms with E-state index in [-0.39, 0.29) is 0 Å². The van der Waals surface area contributed by atoms with Crippen molar-refractivity contribution in [2.24, 2.45) is 0 Å². The number of nitrogens with one attached hydrogen (secondary N) is 1. The fourth-order valence-electron chi connectivity index (χ4n) is 4.55. The van der Waals surface area contributed by atoms with Crippen molar-refractivity contribution < 1.29 is 0 Å². The van der Waals surface area contributed by atoms with Gasteiger partial charge < -0.3 is 5.32 Å². The molecule has 2 aliphatic heterocycles. The van der Waals surface area contributed by atoms with Crippen molar-refractivity contribution in [2.45, 2.75) is 74.2 Å². The van der Waals surface area contributed by atoms with E-state index in [2.05, 4.69) is 35.3 Å². The Labute approximate surface area is 116 Å². The maximum Gasteiger partial charge on any atom is 0.0284 e. The second-order valence-corrected chi connectivity index (χ2v) is 7.88. The van der Waals surface area contributed by atoms with Gasteiger partial charge >= 0.3 is 0 Å². The molecule has 2 nitrogen and oxygen atoms in total. The van der Waals surface area contributed by atoms with Crippen molar-refractivity contribution in [2.75, 3.05) is 19.8 Å². The monoisotopic (exact) mass is 268 g/mol. The average molecular weight is 268 g/mol. The standard InChI is InChI=1S/C15H28N2S/c1-16-12-9-13-5-6-14(10-12)17(13)11-15(18-2)7-3-4-8-15/h12-14,16H,3-11H2,1-2H3. The molecule has 104 valence electrons. The van der Waals surface area contributed by atoms with Crippen LogP contribution in [-0.2, 0) is 0 Å². The van der Waals surface area contributed by atoms with Crippen LogP contribution in [-0.4, -0.2) is 47.6 Å². The Morgan fingerprint density at radius 2 is 1.78 bits per heavy atom. The molecule has 0 aromatic rings. The van der Waals surface area contributed by atoms with Gasteiger partial charge in [0.25, 0.3) is 0 Å². The summed E-state index contributed by atoms with van der Waals surface area (Å²) in [4.78, 5) is 2.90. The minimum absolute atomic E-state index is 0.604. The van der Waals surface area contributed by atoms with Crippen LogP contribution in [0.25, 0.3) is 0 Å². The molecule has 2 saturated heterocycles. The van der Waals surface area contributed by atoms with Gasteiger partial charge in [0.1, 0.15) is 0 Å². The molecule has 3 aliphatic rings. The predicted octanol–water partition coefficient (Wildman–Crippen LogP) is 2.88. The summed E-state index contributed by atoms with van der Waals surface area (Å²) in [6.07, 6.45) is 13.9. The van der Waals surface area contributed by atoms with Crippen molar-refractivity contribution in [1.82, 2.24) is 10.2 Å². The van der Waals surface area contributed by atoms with E-state index in [0.29, 0.717) is 4.75 Å². The van der Waals surface area contributed by atoms with E-state index >= 15 is 0 Å². The molecule has 1 aliphatic carbocycles. The van der Waals surface area contributed by atoms with Gasteiger partial charge in [0.15, 0.2) is 0 Å². The van der Waals surface area contributed by atoms with E-state index in [9.17, 15) is 0 Å². The summed E-state index contributed by atoms with van der Waals surface area (Å²) < 4.78 is 0.604. The molecule has 1 saturated carbocycles. The SMILES string of the molecule is CNC1CC2CCC(C1)N2CC1(SC)CCCC1. The molecule has 1 N–H and O–H groups in total. The highest BCUT2D eigenvalue weighted by Gasteiger charge is 2.44. The summed E-state index contributed by atoms with van der Waals surface area (Å²) >= 11 is 2.15. The molecule has 2 atom stereocenters. The first-order chi connectivity index (χ1) is 8.76. The zero-order valence-electron chi connectivity index (χ0n) is 12.0. The van der Waals surface area contributed by atoms with E-state index in [4.69, 9.17) is 0 Å². The minimum Gasteiger partial charge on any atom is -0.317 e. The lowest BCUT2D eigenvalue weighted by Gasteiger charge is -2.43. The van der Waals surface area contributed by atoms with Crippen LogP contribution in [0, 0.1) is 0 Å². The van der Waals surface area contributed by atoms with Gasteiger partial charge in [-0.1, -0.05) is 12.8 Å². The molecule has 18 heavy (non-hydrogen) atoms. The van der Waals surface area contributed by atoms with Crippen molar-refractivity contribution in [3.63, 3.8) is 0 Å². The molecule has 2 unspecified atom stereocenters. The van der Waals surface area contributed by atoms with Crippen molar-refractivity contribution >= 4 is 11.8 Å². The van der Waals surface area contributed by atoms with Gasteiger partial charge in [-0.2, -0.15) is 11.8 Å². The average Bonchev–Trinajstić information content (AvgIpc) is 2.94. The van der Waals surface area contributed by atoms with Crippen LogP contribution in [0.1, 0.15) is 51.4 Å². The number of fused-ring (bicyclic) bond motifs is 2. The normalized spacial score (nSPS) is 39.3. The first kappa shape index (κ1) is 13.3. The quantitative estimate of drug-likeness (QED) is 0.844. The highest BCUT2D eigenvalue weighted by Crippen LogP contribution is 2.44. The fourth-order valence-corrected chi connectivity index (χ4v) is 5.52. The highest BCUT2D eigenvalue weighted by atomic mass is 32.2. The van der Waals surface area contributed by atoms with Gasteiger partial charge in [-0.25, -0.2) is 0 Å². The smallest absolute Gasteiger partial charge is 0.0284 e. The van der Waals surface area contributed by atoms with Crippen molar-refractivity contribution in [1.29, 1.82) is 0 Å². The molecular formula is C15H28N2S. The lowest BCUT2D eigenvalue weighted by molar-refractivity contribution is 0.107. The zero-order chi connectivity index (χ0) is 12.6. The third kappa shape index (κ3) is 2.34. The molecule has 3 rings (SSSR count). The van der Waals surface area contributed by atoms with Crippen LogP contribution in [0.2, 0.25) is 0 Å². The Morgan fingerprint density at radius 1 is 1.17 bits per heavy atom. The molecule has 3 heteroatoms. The molecule has 2 heterocycles. The van der Waals surface area contributed by atoms with Crippen molar-refractivity contribution in [3.05, 3.63) is 0 Å². The van der Waals surface area contributed by atoms with Gasteiger partial charge in [-0.3, -0.25) is 4.90 Å². The topological polar surface area (TPSA) is 15.3 Å². The van der Waals surface area contributed by atoms with Crippen LogP contribution in [0.5, 0.6) is 0 Å². The Morgan fingerprint density at radius 3 is 2.28 bits per heavy atom. The summed E-state index contributed by atoms with van der Waals surface area (Å²) in [5, 5.41) is 3.51. The van der Waals surface area contributed by atoms with Crippen LogP contribution < -0.4 is 5.32 Å². The van der Waals surface area contributed by atoms with Gasteiger partial charge in [0.2, 0.25) is 0 Å². The zero-order valence-corrected chi connectivity index (χ0v) is 12.8. The fraction of sp³-hybridized carbons (Fsp3) is 1.00. The lowest BCUT2D eigenvalue weighted by Crippen LogP contribution is -2.52. The first-order valence-corrected chi connectivity index (χ1v) is 8.97. The summed E-state index contributed by atoms with van der Waals surface area (Å²) in [5.74, 6) is 0. The summed E-state index contributed by atoms with van der Waals surface area (Å²) in [7, 11) is 2.14. The number of piperidine rings is 1. The molecule has 0 aromatic carbocycles. The Kier molecular flexibility index (Phi) is 3.93. The number of hydrogen-bond acceptors (Lipinski definition) is 3. The van der Waals surface area contributed by atoms with E-state index in [1.165, 1.54) is 57.9 Å². The number of thioether (sulfide) groups is 1.